The minimum Gasteiger partial charge on any atom is -0.313 e. The third kappa shape index (κ3) is 6.59. The van der Waals surface area contributed by atoms with Crippen LogP contribution in [0.4, 0.5) is 13.2 Å². The zero-order valence-electron chi connectivity index (χ0n) is 11.4. The Balaban J connectivity index is 2.10. The van der Waals surface area contributed by atoms with Crippen molar-refractivity contribution in [1.29, 1.82) is 0 Å². The molecule has 1 fully saturated rings. The van der Waals surface area contributed by atoms with Gasteiger partial charge in [-0.15, -0.1) is 0 Å². The second-order valence-corrected chi connectivity index (χ2v) is 5.45. The molecule has 0 aliphatic carbocycles. The number of hydrogen-bond donors (Lipinski definition) is 1. The third-order valence-electron chi connectivity index (χ3n) is 3.72. The Morgan fingerprint density at radius 2 is 2.06 bits per heavy atom. The van der Waals surface area contributed by atoms with Crippen molar-refractivity contribution >= 4 is 0 Å². The zero-order valence-corrected chi connectivity index (χ0v) is 11.4. The Morgan fingerprint density at radius 3 is 2.67 bits per heavy atom. The molecule has 1 aliphatic heterocycles. The van der Waals surface area contributed by atoms with E-state index in [-0.39, 0.29) is 12.5 Å². The first-order chi connectivity index (χ1) is 8.38. The van der Waals surface area contributed by atoms with Gasteiger partial charge >= 0.3 is 6.18 Å². The third-order valence-corrected chi connectivity index (χ3v) is 3.72. The van der Waals surface area contributed by atoms with Crippen LogP contribution in [-0.4, -0.2) is 43.3 Å². The van der Waals surface area contributed by atoms with Crippen LogP contribution in [0.25, 0.3) is 0 Å². The predicted molar refractivity (Wildman–Crippen MR) is 67.6 cm³/mol. The molecule has 0 aromatic heterocycles. The van der Waals surface area contributed by atoms with E-state index in [1.165, 1.54) is 19.3 Å². The van der Waals surface area contributed by atoms with Crippen molar-refractivity contribution in [2.24, 2.45) is 0 Å². The van der Waals surface area contributed by atoms with Crippen LogP contribution in [0.5, 0.6) is 0 Å². The van der Waals surface area contributed by atoms with E-state index in [1.54, 1.807) is 0 Å². The normalized spacial score (nSPS) is 24.2. The number of likely N-dealkylation sites (tertiary alicyclic amines) is 1. The van der Waals surface area contributed by atoms with E-state index in [9.17, 15) is 13.2 Å². The largest absolute Gasteiger partial charge is 0.389 e. The van der Waals surface area contributed by atoms with Gasteiger partial charge in [0.15, 0.2) is 0 Å². The first kappa shape index (κ1) is 15.8. The highest BCUT2D eigenvalue weighted by Gasteiger charge is 2.26. The van der Waals surface area contributed by atoms with Gasteiger partial charge in [-0.3, -0.25) is 0 Å². The molecule has 0 radical (unpaired) electrons. The molecule has 1 heterocycles. The predicted octanol–water partition coefficient (Wildman–Crippen LogP) is 3.18. The van der Waals surface area contributed by atoms with Crippen LogP contribution >= 0.6 is 0 Å². The van der Waals surface area contributed by atoms with Crippen molar-refractivity contribution in [1.82, 2.24) is 10.2 Å². The maximum atomic E-state index is 12.0. The lowest BCUT2D eigenvalue weighted by Crippen LogP contribution is -2.45. The minimum absolute atomic E-state index is 0.169. The van der Waals surface area contributed by atoms with E-state index in [2.05, 4.69) is 17.3 Å². The number of hydrogen-bond acceptors (Lipinski definition) is 2. The summed E-state index contributed by atoms with van der Waals surface area (Å²) in [5.74, 6) is 0. The maximum Gasteiger partial charge on any atom is 0.389 e. The summed E-state index contributed by atoms with van der Waals surface area (Å²) >= 11 is 0. The van der Waals surface area contributed by atoms with Gasteiger partial charge in [-0.25, -0.2) is 0 Å². The average Bonchev–Trinajstić information content (AvgIpc) is 2.26. The molecule has 1 N–H and O–H groups in total. The molecule has 0 saturated carbocycles. The number of alkyl halides is 3. The lowest BCUT2D eigenvalue weighted by molar-refractivity contribution is -0.135. The number of nitrogens with one attached hydrogen (secondary N) is 1. The fourth-order valence-electron chi connectivity index (χ4n) is 2.45. The molecule has 0 bridgehead atoms. The summed E-state index contributed by atoms with van der Waals surface area (Å²) in [6, 6.07) is 0.714. The van der Waals surface area contributed by atoms with Crippen LogP contribution in [0.2, 0.25) is 0 Å². The molecule has 2 unspecified atom stereocenters. The van der Waals surface area contributed by atoms with E-state index in [0.717, 1.165) is 13.1 Å². The topological polar surface area (TPSA) is 15.3 Å². The quantitative estimate of drug-likeness (QED) is 0.794. The molecular weight excluding hydrogens is 241 g/mol. The van der Waals surface area contributed by atoms with Gasteiger partial charge in [-0.1, -0.05) is 6.42 Å². The summed E-state index contributed by atoms with van der Waals surface area (Å²) in [5.41, 5.74) is 0. The molecule has 0 spiro atoms. The van der Waals surface area contributed by atoms with Gasteiger partial charge in [-0.05, 0) is 46.2 Å². The van der Waals surface area contributed by atoms with Gasteiger partial charge in [0.25, 0.3) is 0 Å². The molecule has 0 aromatic rings. The second kappa shape index (κ2) is 7.34. The van der Waals surface area contributed by atoms with Crippen LogP contribution in [0.3, 0.4) is 0 Å². The van der Waals surface area contributed by atoms with Gasteiger partial charge in [0, 0.05) is 25.0 Å². The highest BCUT2D eigenvalue weighted by molar-refractivity contribution is 4.77. The van der Waals surface area contributed by atoms with Gasteiger partial charge in [0.05, 0.1) is 0 Å². The highest BCUT2D eigenvalue weighted by atomic mass is 19.4. The van der Waals surface area contributed by atoms with Gasteiger partial charge in [0.1, 0.15) is 0 Å². The first-order valence-corrected chi connectivity index (χ1v) is 6.89. The summed E-state index contributed by atoms with van der Waals surface area (Å²) in [4.78, 5) is 2.35. The van der Waals surface area contributed by atoms with Crippen molar-refractivity contribution < 1.29 is 13.2 Å². The van der Waals surface area contributed by atoms with Crippen molar-refractivity contribution in [3.05, 3.63) is 0 Å². The standard InChI is InChI=1S/C13H25F3N2/c1-11(6-5-8-13(14,15)16)17-10-12-7-3-4-9-18(12)2/h11-12,17H,3-10H2,1-2H3. The van der Waals surface area contributed by atoms with Crippen molar-refractivity contribution in [2.45, 2.75) is 63.7 Å². The molecule has 2 atom stereocenters. The second-order valence-electron chi connectivity index (χ2n) is 5.45. The SMILES string of the molecule is CC(CCCC(F)(F)F)NCC1CCCCN1C. The fourth-order valence-corrected chi connectivity index (χ4v) is 2.45. The van der Waals surface area contributed by atoms with Crippen LogP contribution in [0.15, 0.2) is 0 Å². The van der Waals surface area contributed by atoms with Gasteiger partial charge in [-0.2, -0.15) is 13.2 Å². The molecule has 108 valence electrons. The molecule has 1 rings (SSSR count). The van der Waals surface area contributed by atoms with E-state index in [0.29, 0.717) is 12.5 Å². The number of halogens is 3. The first-order valence-electron chi connectivity index (χ1n) is 6.89. The Morgan fingerprint density at radius 1 is 1.33 bits per heavy atom. The molecule has 2 nitrogen and oxygen atoms in total. The molecule has 5 heteroatoms. The number of piperidine rings is 1. The fraction of sp³-hybridized carbons (Fsp3) is 1.00. The lowest BCUT2D eigenvalue weighted by Gasteiger charge is -2.33. The van der Waals surface area contributed by atoms with E-state index >= 15 is 0 Å². The Hall–Kier alpha value is -0.290. The minimum atomic E-state index is -4.01. The number of rotatable bonds is 6. The maximum absolute atomic E-state index is 12.0. The average molecular weight is 266 g/mol. The molecule has 0 amide bonds. The van der Waals surface area contributed by atoms with E-state index in [4.69, 9.17) is 0 Å². The smallest absolute Gasteiger partial charge is 0.313 e. The van der Waals surface area contributed by atoms with Crippen LogP contribution in [0.1, 0.15) is 45.4 Å². The highest BCUT2D eigenvalue weighted by Crippen LogP contribution is 2.22. The van der Waals surface area contributed by atoms with Crippen molar-refractivity contribution in [3.63, 3.8) is 0 Å². The summed E-state index contributed by atoms with van der Waals surface area (Å²) in [5, 5.41) is 3.36. The van der Waals surface area contributed by atoms with Crippen molar-refractivity contribution in [2.75, 3.05) is 20.1 Å². The molecule has 0 aromatic carbocycles. The Bertz CT molecular complexity index is 231. The summed E-state index contributed by atoms with van der Waals surface area (Å²) in [7, 11) is 2.12. The number of likely N-dealkylation sites (N-methyl/N-ethyl adjacent to an activating group) is 1. The molecular formula is C13H25F3N2. The Kier molecular flexibility index (Phi) is 6.43. The number of nitrogens with zero attached hydrogens (tertiary/aromatic N) is 1. The lowest BCUT2D eigenvalue weighted by atomic mass is 10.0. The van der Waals surface area contributed by atoms with Gasteiger partial charge in [0.2, 0.25) is 0 Å². The van der Waals surface area contributed by atoms with E-state index in [1.807, 2.05) is 6.92 Å². The van der Waals surface area contributed by atoms with Crippen LogP contribution in [0, 0.1) is 0 Å². The van der Waals surface area contributed by atoms with Crippen LogP contribution in [-0.2, 0) is 0 Å². The van der Waals surface area contributed by atoms with Gasteiger partial charge < -0.3 is 10.2 Å². The monoisotopic (exact) mass is 266 g/mol. The summed E-state index contributed by atoms with van der Waals surface area (Å²) < 4.78 is 36.0. The molecule has 1 aliphatic rings. The zero-order chi connectivity index (χ0) is 13.6. The molecule has 18 heavy (non-hydrogen) atoms. The summed E-state index contributed by atoms with van der Waals surface area (Å²) in [6.07, 6.45) is -0.147. The van der Waals surface area contributed by atoms with Crippen LogP contribution < -0.4 is 5.32 Å². The van der Waals surface area contributed by atoms with E-state index < -0.39 is 12.6 Å². The Labute approximate surface area is 108 Å². The summed E-state index contributed by atoms with van der Waals surface area (Å²) in [6.45, 7) is 4.00. The van der Waals surface area contributed by atoms with Crippen molar-refractivity contribution in [3.8, 4) is 0 Å². The molecule has 1 saturated heterocycles.